The van der Waals surface area contributed by atoms with Crippen molar-refractivity contribution in [1.82, 2.24) is 0 Å². The Balaban J connectivity index is 2.03. The fourth-order valence-electron chi connectivity index (χ4n) is 3.83. The molecular formula is C14H18O3. The maximum absolute atomic E-state index is 12.1. The average molecular weight is 234 g/mol. The average Bonchev–Trinajstić information content (AvgIpc) is 2.68. The Bertz CT molecular complexity index is 408. The third-order valence-electron chi connectivity index (χ3n) is 4.63. The summed E-state index contributed by atoms with van der Waals surface area (Å²) in [6, 6.07) is 0. The highest BCUT2D eigenvalue weighted by Gasteiger charge is 2.60. The Morgan fingerprint density at radius 1 is 1.24 bits per heavy atom. The minimum absolute atomic E-state index is 0.0244. The predicted molar refractivity (Wildman–Crippen MR) is 62.1 cm³/mol. The number of hydrogen-bond acceptors (Lipinski definition) is 3. The Kier molecular flexibility index (Phi) is 2.22. The van der Waals surface area contributed by atoms with E-state index in [-0.39, 0.29) is 41.0 Å². The van der Waals surface area contributed by atoms with Gasteiger partial charge in [0.25, 0.3) is 0 Å². The minimum Gasteiger partial charge on any atom is -0.461 e. The molecule has 4 atom stereocenters. The van der Waals surface area contributed by atoms with Gasteiger partial charge in [-0.3, -0.25) is 9.59 Å². The largest absolute Gasteiger partial charge is 0.461 e. The number of Topliss-reactive ketones (excluding diaryl/α,β-unsaturated/α-hetero) is 1. The van der Waals surface area contributed by atoms with Crippen LogP contribution in [-0.2, 0) is 14.3 Å². The van der Waals surface area contributed by atoms with Crippen LogP contribution in [-0.4, -0.2) is 17.9 Å². The molecule has 0 amide bonds. The summed E-state index contributed by atoms with van der Waals surface area (Å²) in [5.41, 5.74) is -0.0558. The second-order valence-electron chi connectivity index (χ2n) is 6.22. The number of rotatable bonds is 0. The van der Waals surface area contributed by atoms with Crippen LogP contribution in [0.5, 0.6) is 0 Å². The molecule has 3 heteroatoms. The number of ether oxygens (including phenoxy) is 1. The lowest BCUT2D eigenvalue weighted by Crippen LogP contribution is -2.29. The molecule has 2 fully saturated rings. The normalized spacial score (nSPS) is 44.8. The molecule has 3 aliphatic rings. The van der Waals surface area contributed by atoms with Gasteiger partial charge in [0, 0.05) is 23.7 Å². The number of carbonyl (C=O) groups is 2. The van der Waals surface area contributed by atoms with E-state index in [0.717, 1.165) is 12.8 Å². The zero-order chi connectivity index (χ0) is 12.2. The Labute approximate surface area is 101 Å². The second-order valence-corrected chi connectivity index (χ2v) is 6.22. The number of carbonyl (C=O) groups excluding carboxylic acids is 2. The molecule has 0 unspecified atom stereocenters. The maximum Gasteiger partial charge on any atom is 0.310 e. The number of esters is 1. The highest BCUT2D eigenvalue weighted by Crippen LogP contribution is 2.55. The van der Waals surface area contributed by atoms with E-state index in [1.54, 1.807) is 0 Å². The molecule has 3 nitrogen and oxygen atoms in total. The van der Waals surface area contributed by atoms with Crippen molar-refractivity contribution in [3.63, 3.8) is 0 Å². The number of hydrogen-bond donors (Lipinski definition) is 0. The van der Waals surface area contributed by atoms with E-state index in [2.05, 4.69) is 13.8 Å². The highest BCUT2D eigenvalue weighted by molar-refractivity contribution is 5.86. The van der Waals surface area contributed by atoms with Gasteiger partial charge in [0.1, 0.15) is 11.9 Å². The molecule has 1 saturated heterocycles. The summed E-state index contributed by atoms with van der Waals surface area (Å²) < 4.78 is 5.55. The molecule has 2 aliphatic carbocycles. The van der Waals surface area contributed by atoms with E-state index in [0.29, 0.717) is 6.42 Å². The van der Waals surface area contributed by atoms with Crippen LogP contribution in [0.25, 0.3) is 0 Å². The van der Waals surface area contributed by atoms with E-state index >= 15 is 0 Å². The fraction of sp³-hybridized carbons (Fsp3) is 0.714. The van der Waals surface area contributed by atoms with Crippen LogP contribution in [0.15, 0.2) is 12.2 Å². The van der Waals surface area contributed by atoms with Crippen LogP contribution < -0.4 is 0 Å². The van der Waals surface area contributed by atoms with E-state index in [9.17, 15) is 9.59 Å². The molecule has 0 radical (unpaired) electrons. The van der Waals surface area contributed by atoms with Crippen molar-refractivity contribution in [1.29, 1.82) is 0 Å². The van der Waals surface area contributed by atoms with Crippen LogP contribution in [0.1, 0.15) is 33.1 Å². The topological polar surface area (TPSA) is 43.4 Å². The first-order valence-electron chi connectivity index (χ1n) is 6.39. The highest BCUT2D eigenvalue weighted by atomic mass is 16.6. The van der Waals surface area contributed by atoms with E-state index in [1.165, 1.54) is 0 Å². The predicted octanol–water partition coefficient (Wildman–Crippen LogP) is 2.11. The molecule has 0 spiro atoms. The number of ketones is 1. The van der Waals surface area contributed by atoms with Gasteiger partial charge < -0.3 is 4.74 Å². The van der Waals surface area contributed by atoms with Gasteiger partial charge in [-0.15, -0.1) is 0 Å². The van der Waals surface area contributed by atoms with Crippen molar-refractivity contribution < 1.29 is 14.3 Å². The lowest BCUT2D eigenvalue weighted by atomic mass is 9.78. The van der Waals surface area contributed by atoms with E-state index in [4.69, 9.17) is 4.74 Å². The van der Waals surface area contributed by atoms with Gasteiger partial charge in [-0.2, -0.15) is 0 Å². The lowest BCUT2D eigenvalue weighted by Gasteiger charge is -2.24. The van der Waals surface area contributed by atoms with Gasteiger partial charge in [0.15, 0.2) is 0 Å². The van der Waals surface area contributed by atoms with Crippen LogP contribution in [0.2, 0.25) is 0 Å². The molecule has 17 heavy (non-hydrogen) atoms. The van der Waals surface area contributed by atoms with Gasteiger partial charge in [-0.1, -0.05) is 26.0 Å². The molecular weight excluding hydrogens is 216 g/mol. The summed E-state index contributed by atoms with van der Waals surface area (Å²) in [6.45, 7) is 4.22. The fourth-order valence-corrected chi connectivity index (χ4v) is 3.83. The minimum atomic E-state index is -0.0999. The van der Waals surface area contributed by atoms with Crippen LogP contribution in [0.3, 0.4) is 0 Å². The SMILES string of the molecule is CC1(C)C[C@H]2C(=O)C/C=C\C[C@@H]3C(=O)O[C@@H]1[C@H]32. The van der Waals surface area contributed by atoms with Gasteiger partial charge >= 0.3 is 5.97 Å². The van der Waals surface area contributed by atoms with Crippen LogP contribution >= 0.6 is 0 Å². The molecule has 0 N–H and O–H groups in total. The van der Waals surface area contributed by atoms with Crippen molar-refractivity contribution in [2.24, 2.45) is 23.2 Å². The smallest absolute Gasteiger partial charge is 0.310 e. The Morgan fingerprint density at radius 2 is 2.00 bits per heavy atom. The summed E-state index contributed by atoms with van der Waals surface area (Å²) in [4.78, 5) is 24.0. The summed E-state index contributed by atoms with van der Waals surface area (Å²) >= 11 is 0. The first-order valence-corrected chi connectivity index (χ1v) is 6.39. The molecule has 0 aromatic carbocycles. The van der Waals surface area contributed by atoms with Gasteiger partial charge in [-0.25, -0.2) is 0 Å². The summed E-state index contributed by atoms with van der Waals surface area (Å²) in [7, 11) is 0. The summed E-state index contributed by atoms with van der Waals surface area (Å²) in [6.07, 6.45) is 5.93. The molecule has 0 aromatic heterocycles. The maximum atomic E-state index is 12.1. The van der Waals surface area contributed by atoms with Crippen LogP contribution in [0, 0.1) is 23.2 Å². The Morgan fingerprint density at radius 3 is 2.76 bits per heavy atom. The zero-order valence-electron chi connectivity index (χ0n) is 10.3. The second kappa shape index (κ2) is 3.44. The van der Waals surface area contributed by atoms with E-state index < -0.39 is 0 Å². The molecule has 0 bridgehead atoms. The van der Waals surface area contributed by atoms with Gasteiger partial charge in [0.05, 0.1) is 5.92 Å². The summed E-state index contributed by atoms with van der Waals surface area (Å²) in [5.74, 6) is 0.237. The standard InChI is InChI=1S/C14H18O3/c1-14(2)7-9-10(15)6-4-3-5-8-11(9)12(14)17-13(8)16/h3-4,8-9,11-12H,5-7H2,1-2H3/b4-3-/t8-,9-,11+,12+/m0/s1. The quantitative estimate of drug-likeness (QED) is 0.476. The molecule has 0 aromatic rings. The summed E-state index contributed by atoms with van der Waals surface area (Å²) in [5, 5.41) is 0. The molecule has 1 aliphatic heterocycles. The third kappa shape index (κ3) is 1.48. The van der Waals surface area contributed by atoms with Crippen molar-refractivity contribution >= 4 is 11.8 Å². The molecule has 3 rings (SSSR count). The van der Waals surface area contributed by atoms with Gasteiger partial charge in [0.2, 0.25) is 0 Å². The van der Waals surface area contributed by atoms with E-state index in [1.807, 2.05) is 12.2 Å². The van der Waals surface area contributed by atoms with Crippen molar-refractivity contribution in [2.75, 3.05) is 0 Å². The lowest BCUT2D eigenvalue weighted by molar-refractivity contribution is -0.147. The Hall–Kier alpha value is -1.12. The molecule has 1 saturated carbocycles. The van der Waals surface area contributed by atoms with Crippen LogP contribution in [0.4, 0.5) is 0 Å². The van der Waals surface area contributed by atoms with Crippen molar-refractivity contribution in [3.05, 3.63) is 12.2 Å². The molecule has 1 heterocycles. The molecule has 92 valence electrons. The number of allylic oxidation sites excluding steroid dienone is 2. The third-order valence-corrected chi connectivity index (χ3v) is 4.63. The first-order chi connectivity index (χ1) is 8.00. The van der Waals surface area contributed by atoms with Gasteiger partial charge in [-0.05, 0) is 12.8 Å². The van der Waals surface area contributed by atoms with Crippen molar-refractivity contribution in [2.45, 2.75) is 39.2 Å². The van der Waals surface area contributed by atoms with Crippen molar-refractivity contribution in [3.8, 4) is 0 Å². The first kappa shape index (κ1) is 11.0. The zero-order valence-corrected chi connectivity index (χ0v) is 10.3. The monoisotopic (exact) mass is 234 g/mol.